The van der Waals surface area contributed by atoms with Crippen molar-refractivity contribution in [2.75, 3.05) is 17.3 Å². The molecule has 82 valence electrons. The smallest absolute Gasteiger partial charge is 0.144 e. The van der Waals surface area contributed by atoms with Crippen molar-refractivity contribution in [1.29, 1.82) is 0 Å². The first-order valence-corrected chi connectivity index (χ1v) is 6.45. The topological polar surface area (TPSA) is 63.8 Å². The lowest BCUT2D eigenvalue weighted by Gasteiger charge is -2.19. The number of nitrogens with zero attached hydrogens (tertiary/aromatic N) is 2. The van der Waals surface area contributed by atoms with E-state index < -0.39 is 0 Å². The van der Waals surface area contributed by atoms with Crippen molar-refractivity contribution in [2.24, 2.45) is 0 Å². The molecule has 2 unspecified atom stereocenters. The fraction of sp³-hybridized carbons (Fsp3) is 0.600. The van der Waals surface area contributed by atoms with Gasteiger partial charge in [0.05, 0.1) is 12.4 Å². The molecule has 1 aromatic heterocycles. The monoisotopic (exact) mass is 224 g/mol. The molecule has 0 saturated heterocycles. The van der Waals surface area contributed by atoms with Crippen molar-refractivity contribution in [1.82, 2.24) is 9.97 Å². The molecule has 1 fully saturated rings. The minimum Gasteiger partial charge on any atom is -0.382 e. The summed E-state index contributed by atoms with van der Waals surface area (Å²) in [7, 11) is 0. The fourth-order valence-electron chi connectivity index (χ4n) is 1.98. The van der Waals surface area contributed by atoms with E-state index in [1.54, 1.807) is 12.4 Å². The third-order valence-electron chi connectivity index (χ3n) is 2.76. The maximum atomic E-state index is 5.48. The molecule has 1 heterocycles. The predicted molar refractivity (Wildman–Crippen MR) is 65.0 cm³/mol. The molecule has 0 amide bonds. The molecule has 5 heteroatoms. The molecule has 2 rings (SSSR count). The molecule has 15 heavy (non-hydrogen) atoms. The van der Waals surface area contributed by atoms with Crippen LogP contribution in [0.1, 0.15) is 19.3 Å². The third kappa shape index (κ3) is 2.53. The number of hydrogen-bond acceptors (Lipinski definition) is 5. The summed E-state index contributed by atoms with van der Waals surface area (Å²) in [4.78, 5) is 8.22. The molecular weight excluding hydrogens is 208 g/mol. The molecule has 4 nitrogen and oxygen atoms in total. The SMILES string of the molecule is CSC1CCCC1Nc1cnc(N)cn1. The van der Waals surface area contributed by atoms with Gasteiger partial charge in [0.1, 0.15) is 11.6 Å². The van der Waals surface area contributed by atoms with Crippen molar-refractivity contribution in [3.8, 4) is 0 Å². The van der Waals surface area contributed by atoms with E-state index in [2.05, 4.69) is 21.5 Å². The van der Waals surface area contributed by atoms with Crippen molar-refractivity contribution >= 4 is 23.4 Å². The molecule has 1 aliphatic rings. The Hall–Kier alpha value is -0.970. The average molecular weight is 224 g/mol. The van der Waals surface area contributed by atoms with Gasteiger partial charge in [0.2, 0.25) is 0 Å². The first-order valence-electron chi connectivity index (χ1n) is 5.16. The summed E-state index contributed by atoms with van der Waals surface area (Å²) >= 11 is 1.93. The van der Waals surface area contributed by atoms with Gasteiger partial charge < -0.3 is 11.1 Å². The zero-order valence-corrected chi connectivity index (χ0v) is 9.63. The number of hydrogen-bond donors (Lipinski definition) is 2. The Morgan fingerprint density at radius 2 is 2.27 bits per heavy atom. The lowest BCUT2D eigenvalue weighted by Crippen LogP contribution is -2.26. The van der Waals surface area contributed by atoms with Crippen LogP contribution in [0.25, 0.3) is 0 Å². The maximum Gasteiger partial charge on any atom is 0.144 e. The second kappa shape index (κ2) is 4.70. The van der Waals surface area contributed by atoms with E-state index in [1.807, 2.05) is 11.8 Å². The number of aromatic nitrogens is 2. The summed E-state index contributed by atoms with van der Waals surface area (Å²) in [6.45, 7) is 0. The third-order valence-corrected chi connectivity index (χ3v) is 3.93. The van der Waals surface area contributed by atoms with Gasteiger partial charge in [0.25, 0.3) is 0 Å². The van der Waals surface area contributed by atoms with Crippen molar-refractivity contribution in [3.05, 3.63) is 12.4 Å². The molecular formula is C10H16N4S. The van der Waals surface area contributed by atoms with Gasteiger partial charge in [-0.1, -0.05) is 6.42 Å². The Bertz CT molecular complexity index is 314. The summed E-state index contributed by atoms with van der Waals surface area (Å²) in [5.41, 5.74) is 5.48. The van der Waals surface area contributed by atoms with Crippen LogP contribution in [0.5, 0.6) is 0 Å². The van der Waals surface area contributed by atoms with E-state index in [9.17, 15) is 0 Å². The predicted octanol–water partition coefficient (Wildman–Crippen LogP) is 1.75. The number of nitrogens with one attached hydrogen (secondary N) is 1. The number of nitrogens with two attached hydrogens (primary N) is 1. The molecule has 1 saturated carbocycles. The van der Waals surface area contributed by atoms with Crippen LogP contribution in [0.2, 0.25) is 0 Å². The van der Waals surface area contributed by atoms with Crippen LogP contribution in [0, 0.1) is 0 Å². The van der Waals surface area contributed by atoms with E-state index in [1.165, 1.54) is 19.3 Å². The van der Waals surface area contributed by atoms with Crippen LogP contribution in [-0.2, 0) is 0 Å². The highest BCUT2D eigenvalue weighted by molar-refractivity contribution is 7.99. The summed E-state index contributed by atoms with van der Waals surface area (Å²) in [6, 6.07) is 0.526. The molecule has 1 aliphatic carbocycles. The highest BCUT2D eigenvalue weighted by atomic mass is 32.2. The number of nitrogen functional groups attached to an aromatic ring is 1. The minimum atomic E-state index is 0.466. The van der Waals surface area contributed by atoms with Crippen LogP contribution in [0.4, 0.5) is 11.6 Å². The van der Waals surface area contributed by atoms with Crippen LogP contribution in [0.15, 0.2) is 12.4 Å². The highest BCUT2D eigenvalue weighted by Crippen LogP contribution is 2.30. The molecule has 1 aromatic rings. The quantitative estimate of drug-likeness (QED) is 0.819. The van der Waals surface area contributed by atoms with Gasteiger partial charge in [-0.05, 0) is 19.1 Å². The van der Waals surface area contributed by atoms with Crippen LogP contribution in [-0.4, -0.2) is 27.5 Å². The van der Waals surface area contributed by atoms with Crippen LogP contribution < -0.4 is 11.1 Å². The Kier molecular flexibility index (Phi) is 3.30. The summed E-state index contributed by atoms with van der Waals surface area (Å²) < 4.78 is 0. The average Bonchev–Trinajstić information content (AvgIpc) is 2.69. The second-order valence-electron chi connectivity index (χ2n) is 3.78. The van der Waals surface area contributed by atoms with Gasteiger partial charge in [0.15, 0.2) is 0 Å². The molecule has 0 bridgehead atoms. The van der Waals surface area contributed by atoms with E-state index in [0.717, 1.165) is 5.82 Å². The van der Waals surface area contributed by atoms with Crippen molar-refractivity contribution in [3.63, 3.8) is 0 Å². The van der Waals surface area contributed by atoms with Crippen molar-refractivity contribution < 1.29 is 0 Å². The lowest BCUT2D eigenvalue weighted by molar-refractivity contribution is 0.762. The molecule has 0 aliphatic heterocycles. The lowest BCUT2D eigenvalue weighted by atomic mass is 10.2. The Morgan fingerprint density at radius 1 is 1.40 bits per heavy atom. The standard InChI is InChI=1S/C10H16N4S/c1-15-8-4-2-3-7(8)14-10-6-12-9(11)5-13-10/h5-8H,2-4H2,1H3,(H2,11,12)(H,13,14). The Balaban J connectivity index is 1.99. The van der Waals surface area contributed by atoms with Gasteiger partial charge in [-0.25, -0.2) is 9.97 Å². The minimum absolute atomic E-state index is 0.466. The maximum absolute atomic E-state index is 5.48. The van der Waals surface area contributed by atoms with Gasteiger partial charge in [-0.2, -0.15) is 11.8 Å². The second-order valence-corrected chi connectivity index (χ2v) is 4.86. The van der Waals surface area contributed by atoms with Crippen molar-refractivity contribution in [2.45, 2.75) is 30.6 Å². The normalized spacial score (nSPS) is 25.4. The number of rotatable bonds is 3. The Labute approximate surface area is 94.1 Å². The summed E-state index contributed by atoms with van der Waals surface area (Å²) in [6.07, 6.45) is 9.26. The van der Waals surface area contributed by atoms with E-state index in [0.29, 0.717) is 17.1 Å². The van der Waals surface area contributed by atoms with E-state index >= 15 is 0 Å². The van der Waals surface area contributed by atoms with E-state index in [-0.39, 0.29) is 0 Å². The summed E-state index contributed by atoms with van der Waals surface area (Å²) in [5, 5.41) is 4.12. The molecule has 0 radical (unpaired) electrons. The first-order chi connectivity index (χ1) is 7.29. The van der Waals surface area contributed by atoms with E-state index in [4.69, 9.17) is 5.73 Å². The number of anilines is 2. The molecule has 2 atom stereocenters. The zero-order valence-electron chi connectivity index (χ0n) is 8.81. The number of thioether (sulfide) groups is 1. The summed E-state index contributed by atoms with van der Waals surface area (Å²) in [5.74, 6) is 1.29. The largest absolute Gasteiger partial charge is 0.382 e. The van der Waals surface area contributed by atoms with Crippen LogP contribution >= 0.6 is 11.8 Å². The van der Waals surface area contributed by atoms with Crippen LogP contribution in [0.3, 0.4) is 0 Å². The van der Waals surface area contributed by atoms with Gasteiger partial charge >= 0.3 is 0 Å². The molecule has 0 spiro atoms. The van der Waals surface area contributed by atoms with Gasteiger partial charge in [-0.3, -0.25) is 0 Å². The Morgan fingerprint density at radius 3 is 2.93 bits per heavy atom. The molecule has 3 N–H and O–H groups in total. The first kappa shape index (κ1) is 10.5. The zero-order chi connectivity index (χ0) is 10.7. The molecule has 0 aromatic carbocycles. The van der Waals surface area contributed by atoms with Gasteiger partial charge in [-0.15, -0.1) is 0 Å². The fourth-order valence-corrected chi connectivity index (χ4v) is 2.91. The highest BCUT2D eigenvalue weighted by Gasteiger charge is 2.26. The van der Waals surface area contributed by atoms with Gasteiger partial charge in [0, 0.05) is 11.3 Å².